The number of imidazole rings is 1. The zero-order chi connectivity index (χ0) is 12.4. The molecule has 1 fully saturated rings. The monoisotopic (exact) mass is 236 g/mol. The first-order chi connectivity index (χ1) is 8.15. The van der Waals surface area contributed by atoms with Crippen LogP contribution >= 0.6 is 0 Å². The second kappa shape index (κ2) is 5.08. The van der Waals surface area contributed by atoms with E-state index < -0.39 is 0 Å². The summed E-state index contributed by atoms with van der Waals surface area (Å²) in [5.74, 6) is 1.71. The lowest BCUT2D eigenvalue weighted by molar-refractivity contribution is 0.344. The molecule has 96 valence electrons. The fourth-order valence-corrected chi connectivity index (χ4v) is 2.65. The van der Waals surface area contributed by atoms with Gasteiger partial charge in [0.15, 0.2) is 0 Å². The van der Waals surface area contributed by atoms with Crippen LogP contribution in [-0.2, 0) is 13.5 Å². The van der Waals surface area contributed by atoms with Crippen LogP contribution in [0.4, 0.5) is 5.95 Å². The summed E-state index contributed by atoms with van der Waals surface area (Å²) in [6.45, 7) is 6.45. The predicted octanol–water partition coefficient (Wildman–Crippen LogP) is 1.55. The van der Waals surface area contributed by atoms with Crippen molar-refractivity contribution in [2.24, 2.45) is 18.7 Å². The minimum atomic E-state index is 0.363. The highest BCUT2D eigenvalue weighted by atomic mass is 15.3. The van der Waals surface area contributed by atoms with Gasteiger partial charge in [-0.1, -0.05) is 20.3 Å². The average molecular weight is 236 g/mol. The number of hydrogen-bond acceptors (Lipinski definition) is 3. The summed E-state index contributed by atoms with van der Waals surface area (Å²) in [4.78, 5) is 7.08. The SMILES string of the molecule is CCc1cn(C)c(N2CCC(N)C(CC)C2)n1. The van der Waals surface area contributed by atoms with E-state index in [0.717, 1.165) is 38.3 Å². The summed E-state index contributed by atoms with van der Waals surface area (Å²) in [5.41, 5.74) is 7.32. The first-order valence-corrected chi connectivity index (χ1v) is 6.68. The number of aromatic nitrogens is 2. The average Bonchev–Trinajstić information content (AvgIpc) is 2.71. The summed E-state index contributed by atoms with van der Waals surface area (Å²) in [6.07, 6.45) is 5.36. The summed E-state index contributed by atoms with van der Waals surface area (Å²) in [5, 5.41) is 0. The highest BCUT2D eigenvalue weighted by molar-refractivity contribution is 5.34. The topological polar surface area (TPSA) is 47.1 Å². The molecule has 0 aromatic carbocycles. The quantitative estimate of drug-likeness (QED) is 0.866. The lowest BCUT2D eigenvalue weighted by Crippen LogP contribution is -2.47. The molecule has 1 saturated heterocycles. The van der Waals surface area contributed by atoms with E-state index in [1.165, 1.54) is 5.69 Å². The van der Waals surface area contributed by atoms with Gasteiger partial charge in [-0.25, -0.2) is 4.98 Å². The Kier molecular flexibility index (Phi) is 3.72. The van der Waals surface area contributed by atoms with Gasteiger partial charge in [-0.2, -0.15) is 0 Å². The van der Waals surface area contributed by atoms with Crippen LogP contribution in [0.3, 0.4) is 0 Å². The van der Waals surface area contributed by atoms with Crippen LogP contribution < -0.4 is 10.6 Å². The Balaban J connectivity index is 2.14. The lowest BCUT2D eigenvalue weighted by atomic mass is 9.91. The van der Waals surface area contributed by atoms with Crippen molar-refractivity contribution in [3.05, 3.63) is 11.9 Å². The third-order valence-corrected chi connectivity index (χ3v) is 3.86. The molecule has 0 spiro atoms. The molecule has 0 radical (unpaired) electrons. The van der Waals surface area contributed by atoms with Gasteiger partial charge in [0.05, 0.1) is 5.69 Å². The van der Waals surface area contributed by atoms with Gasteiger partial charge in [0.1, 0.15) is 0 Å². The minimum Gasteiger partial charge on any atom is -0.342 e. The van der Waals surface area contributed by atoms with Crippen molar-refractivity contribution in [1.29, 1.82) is 0 Å². The van der Waals surface area contributed by atoms with Crippen molar-refractivity contribution in [3.63, 3.8) is 0 Å². The number of nitrogens with two attached hydrogens (primary N) is 1. The second-order valence-electron chi connectivity index (χ2n) is 5.06. The van der Waals surface area contributed by atoms with Crippen molar-refractivity contribution in [2.75, 3.05) is 18.0 Å². The molecular formula is C13H24N4. The van der Waals surface area contributed by atoms with Crippen LogP contribution in [0.15, 0.2) is 6.20 Å². The third kappa shape index (κ3) is 2.46. The normalized spacial score (nSPS) is 25.3. The maximum absolute atomic E-state index is 6.15. The van der Waals surface area contributed by atoms with E-state index in [1.807, 2.05) is 0 Å². The van der Waals surface area contributed by atoms with E-state index in [4.69, 9.17) is 10.7 Å². The molecule has 2 rings (SSSR count). The van der Waals surface area contributed by atoms with Crippen LogP contribution in [0.5, 0.6) is 0 Å². The van der Waals surface area contributed by atoms with E-state index >= 15 is 0 Å². The predicted molar refractivity (Wildman–Crippen MR) is 71.2 cm³/mol. The molecule has 0 saturated carbocycles. The van der Waals surface area contributed by atoms with E-state index in [0.29, 0.717) is 12.0 Å². The zero-order valence-electron chi connectivity index (χ0n) is 11.2. The van der Waals surface area contributed by atoms with E-state index in [9.17, 15) is 0 Å². The Bertz CT molecular complexity index is 371. The summed E-state index contributed by atoms with van der Waals surface area (Å²) < 4.78 is 2.14. The Morgan fingerprint density at radius 3 is 2.82 bits per heavy atom. The fourth-order valence-electron chi connectivity index (χ4n) is 2.65. The summed E-state index contributed by atoms with van der Waals surface area (Å²) in [6, 6.07) is 0.363. The first-order valence-electron chi connectivity index (χ1n) is 6.68. The maximum atomic E-state index is 6.15. The van der Waals surface area contributed by atoms with Crippen molar-refractivity contribution in [1.82, 2.24) is 9.55 Å². The van der Waals surface area contributed by atoms with Gasteiger partial charge >= 0.3 is 0 Å². The van der Waals surface area contributed by atoms with Crippen molar-refractivity contribution >= 4 is 5.95 Å². The van der Waals surface area contributed by atoms with Gasteiger partial charge in [0, 0.05) is 32.4 Å². The van der Waals surface area contributed by atoms with Crippen LogP contribution in [0, 0.1) is 5.92 Å². The van der Waals surface area contributed by atoms with Gasteiger partial charge in [-0.3, -0.25) is 0 Å². The third-order valence-electron chi connectivity index (χ3n) is 3.86. The molecule has 0 amide bonds. The van der Waals surface area contributed by atoms with Gasteiger partial charge < -0.3 is 15.2 Å². The van der Waals surface area contributed by atoms with E-state index in [2.05, 4.69) is 36.6 Å². The lowest BCUT2D eigenvalue weighted by Gasteiger charge is -2.37. The van der Waals surface area contributed by atoms with Crippen LogP contribution in [-0.4, -0.2) is 28.7 Å². The number of aryl methyl sites for hydroxylation is 2. The highest BCUT2D eigenvalue weighted by Gasteiger charge is 2.27. The Labute approximate surface area is 104 Å². The Hall–Kier alpha value is -1.03. The number of piperidine rings is 1. The maximum Gasteiger partial charge on any atom is 0.205 e. The Morgan fingerprint density at radius 1 is 1.47 bits per heavy atom. The number of nitrogens with zero attached hydrogens (tertiary/aromatic N) is 3. The van der Waals surface area contributed by atoms with E-state index in [-0.39, 0.29) is 0 Å². The number of anilines is 1. The van der Waals surface area contributed by atoms with Crippen LogP contribution in [0.1, 0.15) is 32.4 Å². The molecule has 1 aliphatic rings. The Morgan fingerprint density at radius 2 is 2.24 bits per heavy atom. The van der Waals surface area contributed by atoms with Crippen molar-refractivity contribution in [2.45, 2.75) is 39.2 Å². The van der Waals surface area contributed by atoms with Gasteiger partial charge in [0.25, 0.3) is 0 Å². The molecule has 4 heteroatoms. The van der Waals surface area contributed by atoms with Crippen LogP contribution in [0.2, 0.25) is 0 Å². The number of rotatable bonds is 3. The molecule has 2 N–H and O–H groups in total. The molecule has 17 heavy (non-hydrogen) atoms. The molecule has 0 bridgehead atoms. The zero-order valence-corrected chi connectivity index (χ0v) is 11.2. The summed E-state index contributed by atoms with van der Waals surface area (Å²) in [7, 11) is 2.08. The highest BCUT2D eigenvalue weighted by Crippen LogP contribution is 2.23. The molecule has 2 unspecified atom stereocenters. The number of hydrogen-bond donors (Lipinski definition) is 1. The van der Waals surface area contributed by atoms with Gasteiger partial charge in [-0.15, -0.1) is 0 Å². The molecule has 1 aliphatic heterocycles. The largest absolute Gasteiger partial charge is 0.342 e. The minimum absolute atomic E-state index is 0.363. The van der Waals surface area contributed by atoms with Crippen molar-refractivity contribution in [3.8, 4) is 0 Å². The molecule has 4 nitrogen and oxygen atoms in total. The molecule has 1 aromatic heterocycles. The summed E-state index contributed by atoms with van der Waals surface area (Å²) >= 11 is 0. The standard InChI is InChI=1S/C13H24N4/c1-4-10-8-17(7-6-12(10)14)13-15-11(5-2)9-16(13)3/h9-10,12H,4-8,14H2,1-3H3. The molecule has 2 heterocycles. The second-order valence-corrected chi connectivity index (χ2v) is 5.06. The van der Waals surface area contributed by atoms with Crippen molar-refractivity contribution < 1.29 is 0 Å². The fraction of sp³-hybridized carbons (Fsp3) is 0.769. The smallest absolute Gasteiger partial charge is 0.205 e. The molecule has 1 aromatic rings. The molecule has 0 aliphatic carbocycles. The molecule has 2 atom stereocenters. The van der Waals surface area contributed by atoms with Crippen LogP contribution in [0.25, 0.3) is 0 Å². The van der Waals surface area contributed by atoms with Gasteiger partial charge in [0.2, 0.25) is 5.95 Å². The van der Waals surface area contributed by atoms with E-state index in [1.54, 1.807) is 0 Å². The molecular weight excluding hydrogens is 212 g/mol. The first kappa shape index (κ1) is 12.4. The van der Waals surface area contributed by atoms with Gasteiger partial charge in [-0.05, 0) is 18.8 Å².